The number of aliphatic carboxylic acids is 1. The van der Waals surface area contributed by atoms with E-state index in [0.717, 1.165) is 37.6 Å². The van der Waals surface area contributed by atoms with Crippen LogP contribution in [0.2, 0.25) is 0 Å². The number of carbonyl (C=O) groups excluding carboxylic acids is 1. The topological polar surface area (TPSA) is 57.6 Å². The fourth-order valence-electron chi connectivity index (χ4n) is 2.75. The molecule has 0 saturated carbocycles. The molecule has 4 heteroatoms. The zero-order valence-corrected chi connectivity index (χ0v) is 12.3. The largest absolute Gasteiger partial charge is 0.478 e. The molecular weight excluding hydrogens is 266 g/mol. The number of hydrogen-bond acceptors (Lipinski definition) is 2. The molecule has 4 nitrogen and oxygen atoms in total. The zero-order chi connectivity index (χ0) is 15.2. The van der Waals surface area contributed by atoms with Crippen molar-refractivity contribution in [2.24, 2.45) is 5.92 Å². The van der Waals surface area contributed by atoms with Crippen LogP contribution in [0.4, 0.5) is 0 Å². The number of rotatable bonds is 5. The highest BCUT2D eigenvalue weighted by Crippen LogP contribution is 2.22. The van der Waals surface area contributed by atoms with E-state index in [0.29, 0.717) is 11.5 Å². The Morgan fingerprint density at radius 1 is 1.33 bits per heavy atom. The van der Waals surface area contributed by atoms with Crippen LogP contribution in [0.25, 0.3) is 6.08 Å². The third kappa shape index (κ3) is 4.18. The number of amides is 1. The quantitative estimate of drug-likeness (QED) is 0.847. The monoisotopic (exact) mass is 287 g/mol. The van der Waals surface area contributed by atoms with Gasteiger partial charge in [-0.05, 0) is 42.5 Å². The molecule has 1 saturated heterocycles. The molecule has 1 aliphatic rings. The minimum absolute atomic E-state index is 0.0716. The van der Waals surface area contributed by atoms with Gasteiger partial charge in [-0.25, -0.2) is 4.79 Å². The van der Waals surface area contributed by atoms with Crippen LogP contribution in [0.15, 0.2) is 30.3 Å². The Morgan fingerprint density at radius 2 is 2.05 bits per heavy atom. The summed E-state index contributed by atoms with van der Waals surface area (Å²) in [5.74, 6) is -0.270. The minimum Gasteiger partial charge on any atom is -0.478 e. The first-order valence-electron chi connectivity index (χ1n) is 7.40. The van der Waals surface area contributed by atoms with E-state index in [4.69, 9.17) is 5.11 Å². The molecule has 0 radical (unpaired) electrons. The Labute approximate surface area is 125 Å². The summed E-state index contributed by atoms with van der Waals surface area (Å²) < 4.78 is 0. The number of carbonyl (C=O) groups is 2. The average molecular weight is 287 g/mol. The van der Waals surface area contributed by atoms with Gasteiger partial charge < -0.3 is 10.0 Å². The van der Waals surface area contributed by atoms with Gasteiger partial charge in [0.2, 0.25) is 0 Å². The molecule has 1 unspecified atom stereocenters. The number of likely N-dealkylation sites (tertiary alicyclic amines) is 1. The number of carboxylic acids is 1. The lowest BCUT2D eigenvalue weighted by atomic mass is 10.0. The van der Waals surface area contributed by atoms with E-state index in [2.05, 4.69) is 6.92 Å². The van der Waals surface area contributed by atoms with E-state index in [9.17, 15) is 9.59 Å². The smallest absolute Gasteiger partial charge is 0.328 e. The summed E-state index contributed by atoms with van der Waals surface area (Å²) in [7, 11) is 0. The average Bonchev–Trinajstić information content (AvgIpc) is 2.94. The van der Waals surface area contributed by atoms with Crippen molar-refractivity contribution >= 4 is 18.0 Å². The van der Waals surface area contributed by atoms with Crippen molar-refractivity contribution in [1.29, 1.82) is 0 Å². The Kier molecular flexibility index (Phi) is 5.14. The standard InChI is InChI=1S/C17H21NO3/c1-2-3-14-10-11-18(12-14)17(21)15-7-4-13(5-8-15)6-9-16(19)20/h4-9,14H,2-3,10-12H2,1H3,(H,19,20)/b9-6+. The third-order valence-corrected chi connectivity index (χ3v) is 3.85. The molecule has 2 rings (SSSR count). The second kappa shape index (κ2) is 7.07. The van der Waals surface area contributed by atoms with Gasteiger partial charge in [0.15, 0.2) is 0 Å². The summed E-state index contributed by atoms with van der Waals surface area (Å²) in [5.41, 5.74) is 1.44. The van der Waals surface area contributed by atoms with E-state index in [1.807, 2.05) is 4.90 Å². The Balaban J connectivity index is 1.99. The van der Waals surface area contributed by atoms with Crippen LogP contribution in [0.3, 0.4) is 0 Å². The van der Waals surface area contributed by atoms with Crippen molar-refractivity contribution in [3.05, 3.63) is 41.5 Å². The highest BCUT2D eigenvalue weighted by Gasteiger charge is 2.26. The SMILES string of the molecule is CCCC1CCN(C(=O)c2ccc(/C=C/C(=O)O)cc2)C1. The first-order chi connectivity index (χ1) is 10.1. The van der Waals surface area contributed by atoms with Crippen molar-refractivity contribution < 1.29 is 14.7 Å². The minimum atomic E-state index is -0.978. The molecule has 1 fully saturated rings. The summed E-state index contributed by atoms with van der Waals surface area (Å²) in [6.45, 7) is 3.87. The van der Waals surface area contributed by atoms with Crippen LogP contribution in [-0.2, 0) is 4.79 Å². The fraction of sp³-hybridized carbons (Fsp3) is 0.412. The number of nitrogens with zero attached hydrogens (tertiary/aromatic N) is 1. The van der Waals surface area contributed by atoms with Crippen molar-refractivity contribution in [3.8, 4) is 0 Å². The predicted octanol–water partition coefficient (Wildman–Crippen LogP) is 3.05. The van der Waals surface area contributed by atoms with Crippen molar-refractivity contribution in [1.82, 2.24) is 4.90 Å². The van der Waals surface area contributed by atoms with Gasteiger partial charge in [0, 0.05) is 24.7 Å². The van der Waals surface area contributed by atoms with Crippen molar-refractivity contribution in [2.45, 2.75) is 26.2 Å². The molecule has 112 valence electrons. The van der Waals surface area contributed by atoms with Gasteiger partial charge in [0.1, 0.15) is 0 Å². The molecule has 1 aromatic carbocycles. The van der Waals surface area contributed by atoms with E-state index < -0.39 is 5.97 Å². The molecule has 0 bridgehead atoms. The molecule has 1 atom stereocenters. The molecule has 0 aliphatic carbocycles. The summed E-state index contributed by atoms with van der Waals surface area (Å²) in [6, 6.07) is 7.06. The van der Waals surface area contributed by atoms with E-state index in [1.165, 1.54) is 12.5 Å². The van der Waals surface area contributed by atoms with Crippen molar-refractivity contribution in [3.63, 3.8) is 0 Å². The Morgan fingerprint density at radius 3 is 2.67 bits per heavy atom. The summed E-state index contributed by atoms with van der Waals surface area (Å²) in [6.07, 6.45) is 6.05. The lowest BCUT2D eigenvalue weighted by Crippen LogP contribution is -2.28. The van der Waals surface area contributed by atoms with Gasteiger partial charge in [0.25, 0.3) is 5.91 Å². The molecule has 1 heterocycles. The van der Waals surface area contributed by atoms with Crippen LogP contribution in [-0.4, -0.2) is 35.0 Å². The molecule has 21 heavy (non-hydrogen) atoms. The molecular formula is C17H21NO3. The van der Waals surface area contributed by atoms with E-state index in [-0.39, 0.29) is 5.91 Å². The second-order valence-corrected chi connectivity index (χ2v) is 5.49. The summed E-state index contributed by atoms with van der Waals surface area (Å²) >= 11 is 0. The second-order valence-electron chi connectivity index (χ2n) is 5.49. The lowest BCUT2D eigenvalue weighted by molar-refractivity contribution is -0.131. The van der Waals surface area contributed by atoms with Crippen LogP contribution in [0, 0.1) is 5.92 Å². The van der Waals surface area contributed by atoms with Gasteiger partial charge in [-0.2, -0.15) is 0 Å². The number of hydrogen-bond donors (Lipinski definition) is 1. The third-order valence-electron chi connectivity index (χ3n) is 3.85. The van der Waals surface area contributed by atoms with E-state index >= 15 is 0 Å². The highest BCUT2D eigenvalue weighted by molar-refractivity contribution is 5.94. The van der Waals surface area contributed by atoms with Gasteiger partial charge >= 0.3 is 5.97 Å². The maximum absolute atomic E-state index is 12.4. The van der Waals surface area contributed by atoms with Gasteiger partial charge in [-0.15, -0.1) is 0 Å². The molecule has 0 spiro atoms. The normalized spacial score (nSPS) is 18.3. The summed E-state index contributed by atoms with van der Waals surface area (Å²) in [5, 5.41) is 8.58. The maximum atomic E-state index is 12.4. The van der Waals surface area contributed by atoms with Gasteiger partial charge in [-0.1, -0.05) is 25.5 Å². The van der Waals surface area contributed by atoms with Crippen LogP contribution < -0.4 is 0 Å². The fourth-order valence-corrected chi connectivity index (χ4v) is 2.75. The number of benzene rings is 1. The Bertz CT molecular complexity index is 533. The summed E-state index contributed by atoms with van der Waals surface area (Å²) in [4.78, 5) is 24.8. The van der Waals surface area contributed by atoms with Gasteiger partial charge in [-0.3, -0.25) is 4.79 Å². The van der Waals surface area contributed by atoms with Crippen LogP contribution in [0.5, 0.6) is 0 Å². The molecule has 1 N–H and O–H groups in total. The van der Waals surface area contributed by atoms with Crippen LogP contribution in [0.1, 0.15) is 42.1 Å². The lowest BCUT2D eigenvalue weighted by Gasteiger charge is -2.16. The van der Waals surface area contributed by atoms with Crippen molar-refractivity contribution in [2.75, 3.05) is 13.1 Å². The van der Waals surface area contributed by atoms with Gasteiger partial charge in [0.05, 0.1) is 0 Å². The molecule has 1 aromatic rings. The molecule has 1 amide bonds. The van der Waals surface area contributed by atoms with Crippen LogP contribution >= 0.6 is 0 Å². The number of carboxylic acid groups (broad SMARTS) is 1. The molecule has 1 aliphatic heterocycles. The molecule has 0 aromatic heterocycles. The first kappa shape index (κ1) is 15.3. The van der Waals surface area contributed by atoms with E-state index in [1.54, 1.807) is 24.3 Å². The Hall–Kier alpha value is -2.10. The zero-order valence-electron chi connectivity index (χ0n) is 12.3. The first-order valence-corrected chi connectivity index (χ1v) is 7.40. The highest BCUT2D eigenvalue weighted by atomic mass is 16.4. The predicted molar refractivity (Wildman–Crippen MR) is 82.0 cm³/mol. The maximum Gasteiger partial charge on any atom is 0.328 e.